The minimum atomic E-state index is -0.388. The second-order valence-corrected chi connectivity index (χ2v) is 22.4. The number of likely N-dealkylation sites (tertiary alicyclic amines) is 2. The molecule has 0 aliphatic carbocycles. The third kappa shape index (κ3) is 4.31. The van der Waals surface area contributed by atoms with Crippen molar-refractivity contribution in [1.29, 1.82) is 0 Å². The van der Waals surface area contributed by atoms with Crippen LogP contribution in [0.4, 0.5) is 0 Å². The zero-order chi connectivity index (χ0) is 39.3. The molecule has 0 bridgehead atoms. The molecule has 3 rings (SSSR count). The lowest BCUT2D eigenvalue weighted by Crippen LogP contribution is -2.93. The third-order valence-electron chi connectivity index (χ3n) is 19.6. The molecule has 0 aromatic heterocycles. The molecule has 1 atom stereocenters. The van der Waals surface area contributed by atoms with E-state index in [-0.39, 0.29) is 65.9 Å². The van der Waals surface area contributed by atoms with Gasteiger partial charge in [0.2, 0.25) is 0 Å². The molecule has 2 aliphatic heterocycles. The predicted molar refractivity (Wildman–Crippen MR) is 216 cm³/mol. The summed E-state index contributed by atoms with van der Waals surface area (Å²) in [7, 11) is 1.93. The Morgan fingerprint density at radius 1 is 0.429 bits per heavy atom. The van der Waals surface area contributed by atoms with Crippen LogP contribution in [0.5, 0.6) is 0 Å². The number of rotatable bonds is 5. The van der Waals surface area contributed by atoms with E-state index in [2.05, 4.69) is 197 Å². The Labute approximate surface area is 307 Å². The highest BCUT2D eigenvalue weighted by molar-refractivity contribution is 5.53. The lowest BCUT2D eigenvalue weighted by Gasteiger charge is -2.86. The Kier molecular flexibility index (Phi) is 9.40. The summed E-state index contributed by atoms with van der Waals surface area (Å²) in [4.78, 5) is 6.04. The molecule has 1 aromatic carbocycles. The van der Waals surface area contributed by atoms with Gasteiger partial charge in [0.25, 0.3) is 0 Å². The van der Waals surface area contributed by atoms with Gasteiger partial charge in [-0.3, -0.25) is 9.80 Å². The lowest BCUT2D eigenvalue weighted by atomic mass is 9.34. The molecule has 0 amide bonds. The average Bonchev–Trinajstić information content (AvgIpc) is 2.91. The minimum absolute atomic E-state index is 0.0718. The number of piperidine rings is 2. The number of nitrogens with zero attached hydrogens (tertiary/aromatic N) is 2. The molecular formula is C46H84N2O. The van der Waals surface area contributed by atoms with Crippen LogP contribution in [-0.4, -0.2) is 50.2 Å². The van der Waals surface area contributed by atoms with Gasteiger partial charge in [0.1, 0.15) is 0 Å². The van der Waals surface area contributed by atoms with Gasteiger partial charge in [-0.15, -0.1) is 0 Å². The Morgan fingerprint density at radius 3 is 1.08 bits per heavy atom. The summed E-state index contributed by atoms with van der Waals surface area (Å²) in [6.45, 7) is 67.8. The van der Waals surface area contributed by atoms with Crippen LogP contribution in [0.2, 0.25) is 0 Å². The van der Waals surface area contributed by atoms with Crippen molar-refractivity contribution >= 4 is 0 Å². The van der Waals surface area contributed by atoms with Gasteiger partial charge in [0.15, 0.2) is 0 Å². The molecule has 0 radical (unpaired) electrons. The van der Waals surface area contributed by atoms with Gasteiger partial charge in [0, 0.05) is 56.6 Å². The van der Waals surface area contributed by atoms with Gasteiger partial charge in [-0.1, -0.05) is 62.3 Å². The van der Waals surface area contributed by atoms with E-state index in [4.69, 9.17) is 4.74 Å². The SMILES string of the molecule is COC(C)(C)C1(C)C(C)(C)N(C2(C)C(C)(C)C(C)(C)N(C(C)(C)c3c(C)c(C)c(C)c(C)c3C)C(C)(C)C2(C)C)C(C)(C)C(C)(C)C1(C)C. The van der Waals surface area contributed by atoms with Crippen molar-refractivity contribution in [1.82, 2.24) is 9.80 Å². The maximum Gasteiger partial charge on any atom is 0.0698 e. The van der Waals surface area contributed by atoms with Crippen molar-refractivity contribution in [3.05, 3.63) is 33.4 Å². The van der Waals surface area contributed by atoms with E-state index in [9.17, 15) is 0 Å². The Morgan fingerprint density at radius 2 is 0.755 bits per heavy atom. The zero-order valence-corrected chi connectivity index (χ0v) is 38.3. The van der Waals surface area contributed by atoms with E-state index in [0.29, 0.717) is 0 Å². The summed E-state index contributed by atoms with van der Waals surface area (Å²) in [5, 5.41) is 0. The summed E-state index contributed by atoms with van der Waals surface area (Å²) < 4.78 is 6.59. The molecule has 0 N–H and O–H groups in total. The highest BCUT2D eigenvalue weighted by Crippen LogP contribution is 2.77. The lowest BCUT2D eigenvalue weighted by molar-refractivity contribution is -0.376. The van der Waals surface area contributed by atoms with E-state index < -0.39 is 0 Å². The molecule has 0 saturated carbocycles. The fourth-order valence-electron chi connectivity index (χ4n) is 13.9. The van der Waals surface area contributed by atoms with Gasteiger partial charge >= 0.3 is 0 Å². The number of methoxy groups -OCH3 is 1. The van der Waals surface area contributed by atoms with Gasteiger partial charge in [-0.25, -0.2) is 0 Å². The molecular weight excluding hydrogens is 597 g/mol. The Balaban J connectivity index is 2.60. The molecule has 3 nitrogen and oxygen atoms in total. The molecule has 3 heteroatoms. The van der Waals surface area contributed by atoms with Crippen molar-refractivity contribution in [3.63, 3.8) is 0 Å². The minimum Gasteiger partial charge on any atom is -0.378 e. The standard InChI is InChI=1S/C46H84N2O/c1-29-30(2)32(4)34(33(5)31(29)3)35(6,7)47-41(18,19)38(12,13)46(27,39(14,15)42(47,20)21)48-40(16,17)36(8,9)37(10,11)45(26,43(48,22)23)44(24,25)49-28/h1-28H3. The molecule has 2 heterocycles. The molecule has 1 aromatic rings. The van der Waals surface area contributed by atoms with Crippen LogP contribution in [-0.2, 0) is 10.3 Å². The maximum absolute atomic E-state index is 6.59. The first-order valence-electron chi connectivity index (χ1n) is 19.5. The quantitative estimate of drug-likeness (QED) is 0.308. The van der Waals surface area contributed by atoms with Crippen LogP contribution in [0.25, 0.3) is 0 Å². The van der Waals surface area contributed by atoms with Crippen molar-refractivity contribution in [2.75, 3.05) is 7.11 Å². The normalized spacial score (nSPS) is 29.9. The summed E-state index contributed by atoms with van der Waals surface area (Å²) in [6.07, 6.45) is 0. The number of ether oxygens (including phenoxy) is 1. The van der Waals surface area contributed by atoms with Gasteiger partial charge in [-0.2, -0.15) is 0 Å². The molecule has 284 valence electrons. The molecule has 0 spiro atoms. The maximum atomic E-state index is 6.59. The summed E-state index contributed by atoms with van der Waals surface area (Å²) in [5.41, 5.74) is 6.18. The number of hydrogen-bond donors (Lipinski definition) is 0. The first kappa shape index (κ1) is 42.5. The molecule has 49 heavy (non-hydrogen) atoms. The van der Waals surface area contributed by atoms with E-state index in [1.165, 1.54) is 33.4 Å². The van der Waals surface area contributed by atoms with Gasteiger partial charge in [0.05, 0.1) is 5.60 Å². The van der Waals surface area contributed by atoms with Crippen LogP contribution in [0.15, 0.2) is 0 Å². The van der Waals surface area contributed by atoms with Crippen LogP contribution in [0.1, 0.15) is 186 Å². The Bertz CT molecular complexity index is 1430. The number of hydrogen-bond acceptors (Lipinski definition) is 3. The molecule has 2 aliphatic rings. The largest absolute Gasteiger partial charge is 0.378 e. The molecule has 2 fully saturated rings. The van der Waals surface area contributed by atoms with Gasteiger partial charge in [-0.05, 0) is 169 Å². The summed E-state index contributed by atoms with van der Waals surface area (Å²) in [6, 6.07) is 0. The predicted octanol–water partition coefficient (Wildman–Crippen LogP) is 12.5. The third-order valence-corrected chi connectivity index (χ3v) is 19.6. The van der Waals surface area contributed by atoms with Crippen LogP contribution in [0, 0.1) is 61.7 Å². The highest BCUT2D eigenvalue weighted by atomic mass is 16.5. The molecule has 1 unspecified atom stereocenters. The fraction of sp³-hybridized carbons (Fsp3) is 0.870. The monoisotopic (exact) mass is 681 g/mol. The average molecular weight is 681 g/mol. The van der Waals surface area contributed by atoms with Crippen molar-refractivity contribution in [3.8, 4) is 0 Å². The zero-order valence-electron chi connectivity index (χ0n) is 38.3. The summed E-state index contributed by atoms with van der Waals surface area (Å²) >= 11 is 0. The van der Waals surface area contributed by atoms with Crippen molar-refractivity contribution < 1.29 is 4.74 Å². The van der Waals surface area contributed by atoms with Gasteiger partial charge < -0.3 is 4.74 Å². The summed E-state index contributed by atoms with van der Waals surface area (Å²) in [5.74, 6) is 0. The number of benzene rings is 1. The van der Waals surface area contributed by atoms with Crippen molar-refractivity contribution in [2.24, 2.45) is 27.1 Å². The second-order valence-electron chi connectivity index (χ2n) is 22.4. The smallest absolute Gasteiger partial charge is 0.0698 e. The highest BCUT2D eigenvalue weighted by Gasteiger charge is 2.82. The second kappa shape index (κ2) is 10.8. The van der Waals surface area contributed by atoms with E-state index in [0.717, 1.165) is 0 Å². The first-order valence-corrected chi connectivity index (χ1v) is 19.5. The van der Waals surface area contributed by atoms with Crippen LogP contribution in [0.3, 0.4) is 0 Å². The topological polar surface area (TPSA) is 15.7 Å². The van der Waals surface area contributed by atoms with E-state index in [1.807, 2.05) is 7.11 Å². The molecule has 2 saturated heterocycles. The fourth-order valence-corrected chi connectivity index (χ4v) is 13.9. The van der Waals surface area contributed by atoms with Crippen LogP contribution < -0.4 is 0 Å². The van der Waals surface area contributed by atoms with Crippen molar-refractivity contribution in [2.45, 2.75) is 226 Å². The van der Waals surface area contributed by atoms with Crippen LogP contribution >= 0.6 is 0 Å². The Hall–Kier alpha value is -0.900. The van der Waals surface area contributed by atoms with E-state index in [1.54, 1.807) is 0 Å². The van der Waals surface area contributed by atoms with E-state index >= 15 is 0 Å². The first-order chi connectivity index (χ1) is 21.2.